The van der Waals surface area contributed by atoms with Crippen molar-refractivity contribution < 1.29 is 9.59 Å². The molecule has 3 heterocycles. The first-order chi connectivity index (χ1) is 11.6. The Hall–Kier alpha value is -1.10. The second-order valence-electron chi connectivity index (χ2n) is 7.84. The van der Waals surface area contributed by atoms with Gasteiger partial charge in [-0.3, -0.25) is 9.59 Å². The molecule has 1 atom stereocenters. The summed E-state index contributed by atoms with van der Waals surface area (Å²) in [5.41, 5.74) is -0.0482. The Morgan fingerprint density at radius 3 is 2.58 bits per heavy atom. The molecule has 5 nitrogen and oxygen atoms in total. The van der Waals surface area contributed by atoms with Crippen LogP contribution in [0.4, 0.5) is 0 Å². The lowest BCUT2D eigenvalue weighted by molar-refractivity contribution is -0.141. The van der Waals surface area contributed by atoms with E-state index in [1.807, 2.05) is 9.80 Å². The van der Waals surface area contributed by atoms with Gasteiger partial charge in [0.2, 0.25) is 11.8 Å². The van der Waals surface area contributed by atoms with Crippen LogP contribution in [-0.4, -0.2) is 71.3 Å². The fourth-order valence-electron chi connectivity index (χ4n) is 4.69. The van der Waals surface area contributed by atoms with E-state index in [4.69, 9.17) is 0 Å². The summed E-state index contributed by atoms with van der Waals surface area (Å²) in [6.07, 6.45) is 9.52. The summed E-state index contributed by atoms with van der Waals surface area (Å²) in [6, 6.07) is 0. The van der Waals surface area contributed by atoms with Crippen LogP contribution < -0.4 is 0 Å². The zero-order valence-electron chi connectivity index (χ0n) is 15.3. The third-order valence-corrected chi connectivity index (χ3v) is 6.27. The minimum absolute atomic E-state index is 0.0482. The average Bonchev–Trinajstić information content (AvgIpc) is 3.15. The van der Waals surface area contributed by atoms with Crippen molar-refractivity contribution in [3.63, 3.8) is 0 Å². The van der Waals surface area contributed by atoms with Crippen molar-refractivity contribution in [1.29, 1.82) is 0 Å². The molecule has 136 valence electrons. The molecule has 3 aliphatic rings. The van der Waals surface area contributed by atoms with Gasteiger partial charge in [-0.2, -0.15) is 0 Å². The van der Waals surface area contributed by atoms with Crippen LogP contribution in [0.5, 0.6) is 0 Å². The van der Waals surface area contributed by atoms with Crippen molar-refractivity contribution in [3.8, 4) is 0 Å². The Morgan fingerprint density at radius 2 is 1.83 bits per heavy atom. The number of carbonyl (C=O) groups is 2. The summed E-state index contributed by atoms with van der Waals surface area (Å²) in [7, 11) is 0. The zero-order valence-corrected chi connectivity index (χ0v) is 15.3. The van der Waals surface area contributed by atoms with Crippen LogP contribution in [0.25, 0.3) is 0 Å². The van der Waals surface area contributed by atoms with Crippen LogP contribution in [0.15, 0.2) is 0 Å². The standard InChI is InChI=1S/C19H33N3O2/c1-2-3-11-20-12-6-8-19(10-15-20)9-7-17(23)22(19)16-18(24)21-13-4-5-14-21/h2-16H2,1H3/t19-/m0/s1. The topological polar surface area (TPSA) is 43.9 Å². The molecule has 0 bridgehead atoms. The minimum Gasteiger partial charge on any atom is -0.341 e. The lowest BCUT2D eigenvalue weighted by atomic mass is 9.87. The maximum absolute atomic E-state index is 12.6. The number of hydrogen-bond donors (Lipinski definition) is 0. The molecule has 0 radical (unpaired) electrons. The maximum Gasteiger partial charge on any atom is 0.242 e. The number of unbranched alkanes of at least 4 members (excludes halogenated alkanes) is 1. The Labute approximate surface area is 146 Å². The molecule has 3 aliphatic heterocycles. The summed E-state index contributed by atoms with van der Waals surface area (Å²) in [5, 5.41) is 0. The van der Waals surface area contributed by atoms with Gasteiger partial charge in [0.15, 0.2) is 0 Å². The molecule has 0 unspecified atom stereocenters. The number of nitrogens with zero attached hydrogens (tertiary/aromatic N) is 3. The molecular formula is C19H33N3O2. The van der Waals surface area contributed by atoms with E-state index in [0.717, 1.165) is 64.7 Å². The molecule has 3 rings (SSSR count). The second-order valence-corrected chi connectivity index (χ2v) is 7.84. The summed E-state index contributed by atoms with van der Waals surface area (Å²) >= 11 is 0. The summed E-state index contributed by atoms with van der Waals surface area (Å²) in [6.45, 7) is 7.69. The van der Waals surface area contributed by atoms with E-state index in [-0.39, 0.29) is 17.4 Å². The van der Waals surface area contributed by atoms with Crippen LogP contribution >= 0.6 is 0 Å². The number of rotatable bonds is 5. The molecule has 0 saturated carbocycles. The monoisotopic (exact) mass is 335 g/mol. The smallest absolute Gasteiger partial charge is 0.242 e. The molecule has 3 saturated heterocycles. The third-order valence-electron chi connectivity index (χ3n) is 6.27. The van der Waals surface area contributed by atoms with E-state index in [1.54, 1.807) is 0 Å². The van der Waals surface area contributed by atoms with Gasteiger partial charge in [-0.05, 0) is 58.0 Å². The maximum atomic E-state index is 12.6. The summed E-state index contributed by atoms with van der Waals surface area (Å²) in [4.78, 5) is 31.6. The Kier molecular flexibility index (Phi) is 5.80. The summed E-state index contributed by atoms with van der Waals surface area (Å²) in [5.74, 6) is 0.360. The van der Waals surface area contributed by atoms with Crippen LogP contribution in [0.1, 0.15) is 64.7 Å². The van der Waals surface area contributed by atoms with E-state index in [9.17, 15) is 9.59 Å². The highest BCUT2D eigenvalue weighted by Gasteiger charge is 2.46. The van der Waals surface area contributed by atoms with E-state index < -0.39 is 0 Å². The molecule has 1 spiro atoms. The van der Waals surface area contributed by atoms with Crippen LogP contribution in [0, 0.1) is 0 Å². The molecule has 0 aromatic rings. The number of hydrogen-bond acceptors (Lipinski definition) is 3. The Bertz CT molecular complexity index is 462. The highest BCUT2D eigenvalue weighted by atomic mass is 16.2. The third kappa shape index (κ3) is 3.76. The van der Waals surface area contributed by atoms with Gasteiger partial charge in [-0.1, -0.05) is 13.3 Å². The lowest BCUT2D eigenvalue weighted by Gasteiger charge is -2.38. The van der Waals surface area contributed by atoms with Gasteiger partial charge in [-0.15, -0.1) is 0 Å². The Balaban J connectivity index is 1.64. The number of likely N-dealkylation sites (tertiary alicyclic amines) is 3. The van der Waals surface area contributed by atoms with Gasteiger partial charge in [0.05, 0.1) is 0 Å². The van der Waals surface area contributed by atoms with Gasteiger partial charge in [0.25, 0.3) is 0 Å². The highest BCUT2D eigenvalue weighted by Crippen LogP contribution is 2.39. The van der Waals surface area contributed by atoms with Gasteiger partial charge in [0.1, 0.15) is 6.54 Å². The fraction of sp³-hybridized carbons (Fsp3) is 0.895. The molecule has 3 fully saturated rings. The lowest BCUT2D eigenvalue weighted by Crippen LogP contribution is -2.51. The minimum atomic E-state index is -0.0482. The van der Waals surface area contributed by atoms with Crippen molar-refractivity contribution in [2.24, 2.45) is 0 Å². The second kappa shape index (κ2) is 7.85. The SMILES string of the molecule is CCCCN1CCC[C@]2(CCC(=O)N2CC(=O)N2CCCC2)CC1. The van der Waals surface area contributed by atoms with Crippen LogP contribution in [0.3, 0.4) is 0 Å². The van der Waals surface area contributed by atoms with Gasteiger partial charge in [0, 0.05) is 31.6 Å². The fourth-order valence-corrected chi connectivity index (χ4v) is 4.69. The van der Waals surface area contributed by atoms with Crippen molar-refractivity contribution in [3.05, 3.63) is 0 Å². The largest absolute Gasteiger partial charge is 0.341 e. The normalized spacial score (nSPS) is 28.8. The predicted molar refractivity (Wildman–Crippen MR) is 94.7 cm³/mol. The average molecular weight is 335 g/mol. The van der Waals surface area contributed by atoms with E-state index in [0.29, 0.717) is 13.0 Å². The molecule has 0 aliphatic carbocycles. The van der Waals surface area contributed by atoms with Crippen molar-refractivity contribution >= 4 is 11.8 Å². The van der Waals surface area contributed by atoms with E-state index >= 15 is 0 Å². The number of carbonyl (C=O) groups excluding carboxylic acids is 2. The van der Waals surface area contributed by atoms with E-state index in [2.05, 4.69) is 11.8 Å². The molecule has 5 heteroatoms. The first-order valence-electron chi connectivity index (χ1n) is 9.95. The molecular weight excluding hydrogens is 302 g/mol. The van der Waals surface area contributed by atoms with Crippen molar-refractivity contribution in [2.75, 3.05) is 39.3 Å². The Morgan fingerprint density at radius 1 is 1.04 bits per heavy atom. The van der Waals surface area contributed by atoms with Gasteiger partial charge >= 0.3 is 0 Å². The highest BCUT2D eigenvalue weighted by molar-refractivity contribution is 5.87. The first-order valence-corrected chi connectivity index (χ1v) is 9.95. The zero-order chi connectivity index (χ0) is 17.0. The molecule has 24 heavy (non-hydrogen) atoms. The number of amides is 2. The molecule has 0 aromatic heterocycles. The van der Waals surface area contributed by atoms with Crippen LogP contribution in [0.2, 0.25) is 0 Å². The predicted octanol–water partition coefficient (Wildman–Crippen LogP) is 2.26. The van der Waals surface area contributed by atoms with E-state index in [1.165, 1.54) is 19.4 Å². The molecule has 2 amide bonds. The van der Waals surface area contributed by atoms with Crippen molar-refractivity contribution in [2.45, 2.75) is 70.3 Å². The quantitative estimate of drug-likeness (QED) is 0.774. The molecule has 0 aromatic carbocycles. The van der Waals surface area contributed by atoms with Gasteiger partial charge < -0.3 is 14.7 Å². The molecule has 0 N–H and O–H groups in total. The van der Waals surface area contributed by atoms with Gasteiger partial charge in [-0.25, -0.2) is 0 Å². The van der Waals surface area contributed by atoms with Crippen LogP contribution in [-0.2, 0) is 9.59 Å². The summed E-state index contributed by atoms with van der Waals surface area (Å²) < 4.78 is 0. The van der Waals surface area contributed by atoms with Crippen molar-refractivity contribution in [1.82, 2.24) is 14.7 Å². The first kappa shape index (κ1) is 17.7.